The molecule has 1 atom stereocenters. The van der Waals surface area contributed by atoms with Crippen LogP contribution in [0.1, 0.15) is 12.5 Å². The fourth-order valence-electron chi connectivity index (χ4n) is 3.30. The van der Waals surface area contributed by atoms with Gasteiger partial charge in [-0.1, -0.05) is 23.7 Å². The van der Waals surface area contributed by atoms with Gasteiger partial charge in [0.05, 0.1) is 11.0 Å². The van der Waals surface area contributed by atoms with E-state index in [0.29, 0.717) is 48.3 Å². The Hall–Kier alpha value is -1.51. The van der Waals surface area contributed by atoms with E-state index in [0.717, 1.165) is 11.1 Å². The van der Waals surface area contributed by atoms with E-state index in [1.807, 2.05) is 18.2 Å². The number of benzene rings is 1. The summed E-state index contributed by atoms with van der Waals surface area (Å²) >= 11 is 5.97. The molecule has 0 saturated carbocycles. The molecule has 2 heterocycles. The van der Waals surface area contributed by atoms with Gasteiger partial charge in [-0.2, -0.15) is 4.31 Å². The number of nitrogens with zero attached hydrogens (tertiary/aromatic N) is 3. The average molecular weight is 410 g/mol. The predicted octanol–water partition coefficient (Wildman–Crippen LogP) is 2.40. The molecule has 0 bridgehead atoms. The molecule has 1 aromatic carbocycles. The molecule has 2 aromatic rings. The molecular weight excluding hydrogens is 386 g/mol. The lowest BCUT2D eigenvalue weighted by molar-refractivity contribution is 0.103. The summed E-state index contributed by atoms with van der Waals surface area (Å²) in [5, 5.41) is 9.88. The number of β-amino-alcohol motifs (C(OH)–C–C–N with tert-alkyl or cyclic N) is 1. The number of hydrogen-bond acceptors (Lipinski definition) is 5. The zero-order valence-corrected chi connectivity index (χ0v) is 17.0. The smallest absolute Gasteiger partial charge is 0.243 e. The Morgan fingerprint density at radius 1 is 1.15 bits per heavy atom. The standard InChI is InChI=1S/C19H24ClN3O3S/c1-14-3-4-16(17-5-6-21-19(20)12-17)11-18(14)27(25,26)23-9-7-22(8-10-23)13-15(2)24/h3-6,11-12,15,24H,7-10,13H2,1-2H3. The molecule has 0 spiro atoms. The monoisotopic (exact) mass is 409 g/mol. The van der Waals surface area contributed by atoms with Crippen LogP contribution in [0.3, 0.4) is 0 Å². The number of sulfonamides is 1. The summed E-state index contributed by atoms with van der Waals surface area (Å²) in [5.74, 6) is 0. The topological polar surface area (TPSA) is 73.7 Å². The number of rotatable bonds is 5. The molecule has 0 aliphatic carbocycles. The molecule has 0 radical (unpaired) electrons. The highest BCUT2D eigenvalue weighted by Gasteiger charge is 2.30. The molecule has 27 heavy (non-hydrogen) atoms. The first kappa shape index (κ1) is 20.2. The fraction of sp³-hybridized carbons (Fsp3) is 0.421. The molecule has 1 aliphatic heterocycles. The molecule has 1 aliphatic rings. The number of piperazine rings is 1. The quantitative estimate of drug-likeness (QED) is 0.767. The van der Waals surface area contributed by atoms with Gasteiger partial charge < -0.3 is 5.11 Å². The molecule has 1 aromatic heterocycles. The lowest BCUT2D eigenvalue weighted by atomic mass is 10.1. The van der Waals surface area contributed by atoms with Crippen LogP contribution in [0, 0.1) is 6.92 Å². The Balaban J connectivity index is 1.86. The van der Waals surface area contributed by atoms with Crippen LogP contribution in [-0.4, -0.2) is 66.5 Å². The highest BCUT2D eigenvalue weighted by molar-refractivity contribution is 7.89. The number of aliphatic hydroxyl groups excluding tert-OH is 1. The molecule has 3 rings (SSSR count). The Kier molecular flexibility index (Phi) is 6.18. The molecule has 6 nitrogen and oxygen atoms in total. The van der Waals surface area contributed by atoms with Crippen molar-refractivity contribution in [2.75, 3.05) is 32.7 Å². The van der Waals surface area contributed by atoms with Crippen molar-refractivity contribution in [1.29, 1.82) is 0 Å². The second kappa shape index (κ2) is 8.24. The van der Waals surface area contributed by atoms with Crippen LogP contribution in [0.5, 0.6) is 0 Å². The van der Waals surface area contributed by atoms with Gasteiger partial charge in [0.1, 0.15) is 5.15 Å². The molecule has 146 valence electrons. The van der Waals surface area contributed by atoms with E-state index in [-0.39, 0.29) is 0 Å². The summed E-state index contributed by atoms with van der Waals surface area (Å²) in [6.45, 7) is 6.17. The average Bonchev–Trinajstić information content (AvgIpc) is 2.62. The summed E-state index contributed by atoms with van der Waals surface area (Å²) in [4.78, 5) is 6.37. The minimum absolute atomic E-state index is 0.317. The first-order chi connectivity index (χ1) is 12.8. The lowest BCUT2D eigenvalue weighted by Gasteiger charge is -2.34. The third-order valence-corrected chi connectivity index (χ3v) is 6.97. The molecule has 1 unspecified atom stereocenters. The minimum atomic E-state index is -3.59. The summed E-state index contributed by atoms with van der Waals surface area (Å²) in [7, 11) is -3.59. The van der Waals surface area contributed by atoms with Gasteiger partial charge in [-0.25, -0.2) is 13.4 Å². The molecule has 0 amide bonds. The van der Waals surface area contributed by atoms with Crippen molar-refractivity contribution in [3.05, 3.63) is 47.2 Å². The summed E-state index contributed by atoms with van der Waals surface area (Å²) in [5.41, 5.74) is 2.33. The van der Waals surface area contributed by atoms with Gasteiger partial charge in [-0.3, -0.25) is 4.90 Å². The van der Waals surface area contributed by atoms with Crippen molar-refractivity contribution >= 4 is 21.6 Å². The Morgan fingerprint density at radius 3 is 2.44 bits per heavy atom. The number of halogens is 1. The van der Waals surface area contributed by atoms with E-state index in [1.165, 1.54) is 4.31 Å². The van der Waals surface area contributed by atoms with Crippen molar-refractivity contribution in [3.63, 3.8) is 0 Å². The minimum Gasteiger partial charge on any atom is -0.392 e. The molecule has 1 fully saturated rings. The Labute approximate surface area is 165 Å². The molecule has 1 saturated heterocycles. The molecule has 1 N–H and O–H groups in total. The van der Waals surface area contributed by atoms with Crippen molar-refractivity contribution < 1.29 is 13.5 Å². The van der Waals surface area contributed by atoms with Gasteiger partial charge >= 0.3 is 0 Å². The van der Waals surface area contributed by atoms with E-state index in [2.05, 4.69) is 9.88 Å². The predicted molar refractivity (Wildman–Crippen MR) is 106 cm³/mol. The van der Waals surface area contributed by atoms with Crippen LogP contribution in [0.25, 0.3) is 11.1 Å². The van der Waals surface area contributed by atoms with Crippen molar-refractivity contribution in [1.82, 2.24) is 14.2 Å². The second-order valence-electron chi connectivity index (χ2n) is 6.90. The first-order valence-corrected chi connectivity index (χ1v) is 10.7. The number of hydrogen-bond donors (Lipinski definition) is 1. The van der Waals surface area contributed by atoms with Gasteiger partial charge in [-0.05, 0) is 48.7 Å². The summed E-state index contributed by atoms with van der Waals surface area (Å²) < 4.78 is 27.9. The van der Waals surface area contributed by atoms with E-state index in [4.69, 9.17) is 11.6 Å². The first-order valence-electron chi connectivity index (χ1n) is 8.90. The second-order valence-corrected chi connectivity index (χ2v) is 9.19. The number of aromatic nitrogens is 1. The van der Waals surface area contributed by atoms with Crippen LogP contribution in [-0.2, 0) is 10.0 Å². The van der Waals surface area contributed by atoms with Crippen LogP contribution in [0.15, 0.2) is 41.4 Å². The van der Waals surface area contributed by atoms with Crippen molar-refractivity contribution in [2.24, 2.45) is 0 Å². The normalized spacial score (nSPS) is 17.8. The summed E-state index contributed by atoms with van der Waals surface area (Å²) in [6.07, 6.45) is 1.19. The van der Waals surface area contributed by atoms with Crippen LogP contribution in [0.2, 0.25) is 5.15 Å². The molecular formula is C19H24ClN3O3S. The highest BCUT2D eigenvalue weighted by atomic mass is 35.5. The van der Waals surface area contributed by atoms with E-state index in [1.54, 1.807) is 32.2 Å². The third-order valence-electron chi connectivity index (χ3n) is 4.72. The SMILES string of the molecule is Cc1ccc(-c2ccnc(Cl)c2)cc1S(=O)(=O)N1CCN(CC(C)O)CC1. The zero-order chi connectivity index (χ0) is 19.6. The fourth-order valence-corrected chi connectivity index (χ4v) is 5.15. The Bertz CT molecular complexity index is 910. The third kappa shape index (κ3) is 4.67. The van der Waals surface area contributed by atoms with E-state index < -0.39 is 16.1 Å². The van der Waals surface area contributed by atoms with Gasteiger partial charge in [0.25, 0.3) is 0 Å². The number of aryl methyl sites for hydroxylation is 1. The zero-order valence-electron chi connectivity index (χ0n) is 15.5. The van der Waals surface area contributed by atoms with E-state index in [9.17, 15) is 13.5 Å². The maximum absolute atomic E-state index is 13.2. The molecule has 8 heteroatoms. The van der Waals surface area contributed by atoms with Crippen LogP contribution < -0.4 is 0 Å². The van der Waals surface area contributed by atoms with Crippen molar-refractivity contribution in [2.45, 2.75) is 24.8 Å². The van der Waals surface area contributed by atoms with Crippen LogP contribution in [0.4, 0.5) is 0 Å². The van der Waals surface area contributed by atoms with Gasteiger partial charge in [0, 0.05) is 38.9 Å². The van der Waals surface area contributed by atoms with Gasteiger partial charge in [-0.15, -0.1) is 0 Å². The highest BCUT2D eigenvalue weighted by Crippen LogP contribution is 2.28. The van der Waals surface area contributed by atoms with E-state index >= 15 is 0 Å². The maximum atomic E-state index is 13.2. The van der Waals surface area contributed by atoms with Gasteiger partial charge in [0.2, 0.25) is 10.0 Å². The Morgan fingerprint density at radius 2 is 1.81 bits per heavy atom. The maximum Gasteiger partial charge on any atom is 0.243 e. The number of aliphatic hydroxyl groups is 1. The van der Waals surface area contributed by atoms with Crippen LogP contribution >= 0.6 is 11.6 Å². The van der Waals surface area contributed by atoms with Crippen molar-refractivity contribution in [3.8, 4) is 11.1 Å². The number of pyridine rings is 1. The van der Waals surface area contributed by atoms with Gasteiger partial charge in [0.15, 0.2) is 0 Å². The largest absolute Gasteiger partial charge is 0.392 e. The summed E-state index contributed by atoms with van der Waals surface area (Å²) in [6, 6.07) is 8.94. The lowest BCUT2D eigenvalue weighted by Crippen LogP contribution is -2.50.